The molecule has 0 aliphatic rings. The highest BCUT2D eigenvalue weighted by atomic mass is 79.9. The van der Waals surface area contributed by atoms with Gasteiger partial charge in [0.25, 0.3) is 5.56 Å². The Morgan fingerprint density at radius 3 is 2.57 bits per heavy atom. The zero-order valence-corrected chi connectivity index (χ0v) is 16.4. The molecule has 1 unspecified atom stereocenters. The van der Waals surface area contributed by atoms with Gasteiger partial charge in [0.1, 0.15) is 11.9 Å². The third kappa shape index (κ3) is 3.80. The van der Waals surface area contributed by atoms with E-state index in [1.807, 2.05) is 0 Å². The van der Waals surface area contributed by atoms with Crippen LogP contribution in [0.3, 0.4) is 0 Å². The lowest BCUT2D eigenvalue weighted by Gasteiger charge is -2.18. The predicted molar refractivity (Wildman–Crippen MR) is 103 cm³/mol. The SMILES string of the molecule is Cc1nc2ccccc2c(=O)n1C(C)C(=O)Nc1ccc(Br)c(C(F)(F)F)c1. The number of carbonyl (C=O) groups excluding carboxylic acids is 1. The van der Waals surface area contributed by atoms with Crippen molar-refractivity contribution in [2.45, 2.75) is 26.1 Å². The van der Waals surface area contributed by atoms with Crippen LogP contribution in [0, 0.1) is 6.92 Å². The van der Waals surface area contributed by atoms with Gasteiger partial charge in [-0.1, -0.05) is 28.1 Å². The number of benzene rings is 2. The van der Waals surface area contributed by atoms with Crippen LogP contribution in [0.1, 0.15) is 24.4 Å². The van der Waals surface area contributed by atoms with Crippen LogP contribution in [0.5, 0.6) is 0 Å². The molecule has 0 bridgehead atoms. The molecule has 3 aromatic rings. The molecular weight excluding hydrogens is 439 g/mol. The Balaban J connectivity index is 1.94. The van der Waals surface area contributed by atoms with Gasteiger partial charge in [0.05, 0.1) is 16.5 Å². The van der Waals surface area contributed by atoms with Crippen molar-refractivity contribution in [3.63, 3.8) is 0 Å². The highest BCUT2D eigenvalue weighted by Crippen LogP contribution is 2.36. The summed E-state index contributed by atoms with van der Waals surface area (Å²) in [6.45, 7) is 3.09. The Hall–Kier alpha value is -2.68. The zero-order valence-electron chi connectivity index (χ0n) is 14.8. The summed E-state index contributed by atoms with van der Waals surface area (Å²) < 4.78 is 40.2. The maximum atomic E-state index is 13.0. The van der Waals surface area contributed by atoms with Crippen molar-refractivity contribution in [2.24, 2.45) is 0 Å². The summed E-state index contributed by atoms with van der Waals surface area (Å²) in [6.07, 6.45) is -4.57. The Labute approximate surface area is 166 Å². The molecule has 0 aliphatic heterocycles. The summed E-state index contributed by atoms with van der Waals surface area (Å²) in [5.41, 5.74) is -0.806. The maximum absolute atomic E-state index is 13.0. The number of amides is 1. The molecule has 0 fully saturated rings. The second kappa shape index (κ2) is 7.38. The first-order chi connectivity index (χ1) is 13.1. The van der Waals surface area contributed by atoms with E-state index >= 15 is 0 Å². The van der Waals surface area contributed by atoms with E-state index in [0.29, 0.717) is 16.7 Å². The summed E-state index contributed by atoms with van der Waals surface area (Å²) >= 11 is 2.85. The van der Waals surface area contributed by atoms with Gasteiger partial charge in [0, 0.05) is 10.2 Å². The van der Waals surface area contributed by atoms with Crippen LogP contribution in [-0.4, -0.2) is 15.5 Å². The maximum Gasteiger partial charge on any atom is 0.417 e. The van der Waals surface area contributed by atoms with Crippen molar-refractivity contribution in [3.05, 3.63) is 68.7 Å². The average Bonchev–Trinajstić information content (AvgIpc) is 2.62. The molecule has 2 aromatic carbocycles. The van der Waals surface area contributed by atoms with Crippen molar-refractivity contribution in [1.82, 2.24) is 9.55 Å². The van der Waals surface area contributed by atoms with E-state index in [9.17, 15) is 22.8 Å². The van der Waals surface area contributed by atoms with E-state index in [1.54, 1.807) is 31.2 Å². The third-order valence-corrected chi connectivity index (χ3v) is 4.98. The first-order valence-electron chi connectivity index (χ1n) is 8.25. The molecule has 0 spiro atoms. The van der Waals surface area contributed by atoms with Crippen LogP contribution in [0.4, 0.5) is 18.9 Å². The van der Waals surface area contributed by atoms with Gasteiger partial charge in [-0.05, 0) is 44.2 Å². The number of anilines is 1. The predicted octanol–water partition coefficient (Wildman–Crippen LogP) is 4.69. The van der Waals surface area contributed by atoms with E-state index in [0.717, 1.165) is 6.07 Å². The number of aromatic nitrogens is 2. The third-order valence-electron chi connectivity index (χ3n) is 4.29. The van der Waals surface area contributed by atoms with Crippen LogP contribution in [-0.2, 0) is 11.0 Å². The van der Waals surface area contributed by atoms with Gasteiger partial charge in [-0.3, -0.25) is 14.2 Å². The molecule has 5 nitrogen and oxygen atoms in total. The fraction of sp³-hybridized carbons (Fsp3) is 0.211. The quantitative estimate of drug-likeness (QED) is 0.625. The van der Waals surface area contributed by atoms with Gasteiger partial charge in [0.15, 0.2) is 0 Å². The van der Waals surface area contributed by atoms with Crippen molar-refractivity contribution < 1.29 is 18.0 Å². The Morgan fingerprint density at radius 2 is 1.89 bits per heavy atom. The Bertz CT molecular complexity index is 1130. The zero-order chi connectivity index (χ0) is 20.6. The van der Waals surface area contributed by atoms with Crippen LogP contribution < -0.4 is 10.9 Å². The van der Waals surface area contributed by atoms with Gasteiger partial charge in [-0.2, -0.15) is 13.2 Å². The number of alkyl halides is 3. The fourth-order valence-electron chi connectivity index (χ4n) is 2.90. The number of para-hydroxylation sites is 1. The fourth-order valence-corrected chi connectivity index (χ4v) is 3.37. The van der Waals surface area contributed by atoms with Crippen LogP contribution in [0.25, 0.3) is 10.9 Å². The van der Waals surface area contributed by atoms with Crippen molar-refractivity contribution in [1.29, 1.82) is 0 Å². The molecule has 1 N–H and O–H groups in total. The summed E-state index contributed by atoms with van der Waals surface area (Å²) in [5, 5.41) is 2.79. The number of nitrogens with zero attached hydrogens (tertiary/aromatic N) is 2. The van der Waals surface area contributed by atoms with Crippen LogP contribution in [0.15, 0.2) is 51.7 Å². The second-order valence-electron chi connectivity index (χ2n) is 6.21. The molecule has 1 amide bonds. The summed E-state index contributed by atoms with van der Waals surface area (Å²) in [6, 6.07) is 9.16. The molecular formula is C19H15BrF3N3O2. The number of halogens is 4. The molecule has 1 aromatic heterocycles. The lowest BCUT2D eigenvalue weighted by Crippen LogP contribution is -2.33. The number of hydrogen-bond acceptors (Lipinski definition) is 3. The smallest absolute Gasteiger partial charge is 0.324 e. The van der Waals surface area contributed by atoms with E-state index in [1.165, 1.54) is 23.6 Å². The van der Waals surface area contributed by atoms with Crippen molar-refractivity contribution in [3.8, 4) is 0 Å². The summed E-state index contributed by atoms with van der Waals surface area (Å²) in [5.74, 6) is -0.295. The van der Waals surface area contributed by atoms with E-state index in [4.69, 9.17) is 0 Å². The molecule has 9 heteroatoms. The number of nitrogens with one attached hydrogen (secondary N) is 1. The highest BCUT2D eigenvalue weighted by molar-refractivity contribution is 9.10. The molecule has 0 saturated carbocycles. The number of fused-ring (bicyclic) bond motifs is 1. The molecule has 1 atom stereocenters. The van der Waals surface area contributed by atoms with Crippen molar-refractivity contribution in [2.75, 3.05) is 5.32 Å². The van der Waals surface area contributed by atoms with E-state index in [-0.39, 0.29) is 10.2 Å². The molecule has 146 valence electrons. The minimum Gasteiger partial charge on any atom is -0.324 e. The van der Waals surface area contributed by atoms with Crippen LogP contribution in [0.2, 0.25) is 0 Å². The number of aryl methyl sites for hydroxylation is 1. The van der Waals surface area contributed by atoms with Gasteiger partial charge >= 0.3 is 6.18 Å². The highest BCUT2D eigenvalue weighted by Gasteiger charge is 2.33. The van der Waals surface area contributed by atoms with Gasteiger partial charge in [-0.25, -0.2) is 4.98 Å². The van der Waals surface area contributed by atoms with E-state index < -0.39 is 29.2 Å². The molecule has 0 saturated heterocycles. The van der Waals surface area contributed by atoms with E-state index in [2.05, 4.69) is 26.2 Å². The monoisotopic (exact) mass is 453 g/mol. The minimum absolute atomic E-state index is 0.0215. The number of hydrogen-bond donors (Lipinski definition) is 1. The molecule has 3 rings (SSSR count). The van der Waals surface area contributed by atoms with Crippen LogP contribution >= 0.6 is 15.9 Å². The topological polar surface area (TPSA) is 64.0 Å². The second-order valence-corrected chi connectivity index (χ2v) is 7.06. The molecule has 0 aliphatic carbocycles. The van der Waals surface area contributed by atoms with Crippen molar-refractivity contribution >= 4 is 38.4 Å². The number of rotatable bonds is 3. The standard InChI is InChI=1S/C19H15BrF3N3O2/c1-10(26-11(2)24-16-6-4-3-5-13(16)18(26)28)17(27)25-12-7-8-15(20)14(9-12)19(21,22)23/h3-10H,1-2H3,(H,25,27). The molecule has 0 radical (unpaired) electrons. The molecule has 1 heterocycles. The largest absolute Gasteiger partial charge is 0.417 e. The van der Waals surface area contributed by atoms with Gasteiger partial charge < -0.3 is 5.32 Å². The first-order valence-corrected chi connectivity index (χ1v) is 9.04. The lowest BCUT2D eigenvalue weighted by atomic mass is 10.2. The molecule has 28 heavy (non-hydrogen) atoms. The lowest BCUT2D eigenvalue weighted by molar-refractivity contribution is -0.138. The van der Waals surface area contributed by atoms with Gasteiger partial charge in [-0.15, -0.1) is 0 Å². The Kier molecular flexibility index (Phi) is 5.29. The normalized spacial score (nSPS) is 12.8. The summed E-state index contributed by atoms with van der Waals surface area (Å²) in [4.78, 5) is 29.7. The Morgan fingerprint density at radius 1 is 1.21 bits per heavy atom. The first kappa shape index (κ1) is 20.1. The summed E-state index contributed by atoms with van der Waals surface area (Å²) in [7, 11) is 0. The van der Waals surface area contributed by atoms with Gasteiger partial charge in [0.2, 0.25) is 5.91 Å². The minimum atomic E-state index is -4.57. The average molecular weight is 454 g/mol. The number of carbonyl (C=O) groups is 1.